The summed E-state index contributed by atoms with van der Waals surface area (Å²) in [6.45, 7) is 0. The van der Waals surface area contributed by atoms with Crippen LogP contribution in [0, 0.1) is 5.82 Å². The smallest absolute Gasteiger partial charge is 0.340 e. The number of carbonyl (C=O) groups is 1. The van der Waals surface area contributed by atoms with Crippen LogP contribution in [-0.4, -0.2) is 27.6 Å². The Bertz CT molecular complexity index is 915. The molecule has 0 saturated heterocycles. The molecule has 0 N–H and O–H groups in total. The molecule has 0 aliphatic heterocycles. The number of carbonyl (C=O) groups excluding carboxylic acids is 1. The van der Waals surface area contributed by atoms with Gasteiger partial charge in [-0.05, 0) is 31.0 Å². The van der Waals surface area contributed by atoms with Crippen molar-refractivity contribution in [1.29, 1.82) is 0 Å². The monoisotopic (exact) mass is 311 g/mol. The maximum atomic E-state index is 13.5. The van der Waals surface area contributed by atoms with Gasteiger partial charge < -0.3 is 9.30 Å². The highest BCUT2D eigenvalue weighted by atomic mass is 19.1. The molecule has 0 atom stereocenters. The third-order valence-corrected chi connectivity index (χ3v) is 3.99. The first kappa shape index (κ1) is 13.9. The topological polar surface area (TPSA) is 57.0 Å². The van der Waals surface area contributed by atoms with Gasteiger partial charge in [0.25, 0.3) is 0 Å². The average Bonchev–Trinajstić information content (AvgIpc) is 3.33. The van der Waals surface area contributed by atoms with E-state index in [0.29, 0.717) is 22.5 Å². The van der Waals surface area contributed by atoms with E-state index >= 15 is 0 Å². The molecule has 0 bridgehead atoms. The number of nitrogens with zero attached hydrogens (tertiary/aromatic N) is 3. The molecule has 1 aliphatic rings. The van der Waals surface area contributed by atoms with Crippen LogP contribution in [0.15, 0.2) is 36.7 Å². The maximum Gasteiger partial charge on any atom is 0.340 e. The molecule has 3 aromatic rings. The zero-order valence-corrected chi connectivity index (χ0v) is 12.5. The van der Waals surface area contributed by atoms with Gasteiger partial charge >= 0.3 is 5.97 Å². The molecular formula is C17H14FN3O2. The quantitative estimate of drug-likeness (QED) is 0.696. The number of benzene rings is 1. The van der Waals surface area contributed by atoms with E-state index in [1.54, 1.807) is 18.3 Å². The predicted molar refractivity (Wildman–Crippen MR) is 82.5 cm³/mol. The Balaban J connectivity index is 2.02. The van der Waals surface area contributed by atoms with Crippen molar-refractivity contribution in [3.8, 4) is 11.4 Å². The Morgan fingerprint density at radius 1 is 1.35 bits per heavy atom. The van der Waals surface area contributed by atoms with Crippen molar-refractivity contribution in [3.63, 3.8) is 0 Å². The van der Waals surface area contributed by atoms with Crippen molar-refractivity contribution in [2.75, 3.05) is 7.11 Å². The molecule has 6 heteroatoms. The normalized spacial score (nSPS) is 14.2. The van der Waals surface area contributed by atoms with Crippen molar-refractivity contribution >= 4 is 17.0 Å². The van der Waals surface area contributed by atoms with E-state index in [2.05, 4.69) is 9.97 Å². The van der Waals surface area contributed by atoms with Crippen LogP contribution in [0.2, 0.25) is 0 Å². The average molecular weight is 311 g/mol. The number of hydrogen-bond donors (Lipinski definition) is 0. The number of rotatable bonds is 3. The summed E-state index contributed by atoms with van der Waals surface area (Å²) >= 11 is 0. The Morgan fingerprint density at radius 2 is 2.17 bits per heavy atom. The van der Waals surface area contributed by atoms with Crippen LogP contribution in [0.4, 0.5) is 4.39 Å². The van der Waals surface area contributed by atoms with Gasteiger partial charge in [-0.3, -0.25) is 4.98 Å². The molecule has 0 spiro atoms. The van der Waals surface area contributed by atoms with Gasteiger partial charge in [0, 0.05) is 17.8 Å². The maximum absolute atomic E-state index is 13.5. The van der Waals surface area contributed by atoms with Gasteiger partial charge in [0.15, 0.2) is 0 Å². The van der Waals surface area contributed by atoms with Crippen LogP contribution in [0.5, 0.6) is 0 Å². The summed E-state index contributed by atoms with van der Waals surface area (Å²) in [6.07, 6.45) is 4.77. The molecule has 1 fully saturated rings. The van der Waals surface area contributed by atoms with Gasteiger partial charge in [-0.15, -0.1) is 0 Å². The van der Waals surface area contributed by atoms with E-state index in [4.69, 9.17) is 4.74 Å². The van der Waals surface area contributed by atoms with Gasteiger partial charge in [0.1, 0.15) is 11.6 Å². The number of imidazole rings is 1. The molecule has 0 radical (unpaired) electrons. The van der Waals surface area contributed by atoms with E-state index in [9.17, 15) is 9.18 Å². The zero-order chi connectivity index (χ0) is 16.0. The molecule has 2 aromatic heterocycles. The third kappa shape index (κ3) is 2.27. The van der Waals surface area contributed by atoms with Crippen LogP contribution in [-0.2, 0) is 4.74 Å². The number of aromatic nitrogens is 3. The molecule has 116 valence electrons. The van der Waals surface area contributed by atoms with Crippen LogP contribution in [0.3, 0.4) is 0 Å². The summed E-state index contributed by atoms with van der Waals surface area (Å²) in [4.78, 5) is 20.6. The van der Waals surface area contributed by atoms with Crippen molar-refractivity contribution in [3.05, 3.63) is 48.0 Å². The molecule has 0 amide bonds. The minimum absolute atomic E-state index is 0.268. The molecule has 1 saturated carbocycles. The zero-order valence-electron chi connectivity index (χ0n) is 12.5. The first-order valence-electron chi connectivity index (χ1n) is 7.39. The van der Waals surface area contributed by atoms with E-state index in [-0.39, 0.29) is 6.04 Å². The second kappa shape index (κ2) is 5.15. The number of halogens is 1. The lowest BCUT2D eigenvalue weighted by molar-refractivity contribution is 0.0602. The van der Waals surface area contributed by atoms with Gasteiger partial charge in [-0.25, -0.2) is 14.2 Å². The number of para-hydroxylation sites is 1. The van der Waals surface area contributed by atoms with Crippen molar-refractivity contribution in [2.45, 2.75) is 18.9 Å². The summed E-state index contributed by atoms with van der Waals surface area (Å²) in [5, 5.41) is 0. The molecule has 5 nitrogen and oxygen atoms in total. The van der Waals surface area contributed by atoms with Gasteiger partial charge in [0.05, 0.1) is 29.9 Å². The highest BCUT2D eigenvalue weighted by Gasteiger charge is 2.31. The second-order valence-corrected chi connectivity index (χ2v) is 5.59. The van der Waals surface area contributed by atoms with E-state index in [1.165, 1.54) is 13.2 Å². The summed E-state index contributed by atoms with van der Waals surface area (Å²) in [6, 6.07) is 7.01. The summed E-state index contributed by atoms with van der Waals surface area (Å²) in [7, 11) is 1.36. The fourth-order valence-corrected chi connectivity index (χ4v) is 2.85. The van der Waals surface area contributed by atoms with Crippen molar-refractivity contribution < 1.29 is 13.9 Å². The van der Waals surface area contributed by atoms with Crippen molar-refractivity contribution in [2.24, 2.45) is 0 Å². The lowest BCUT2D eigenvalue weighted by Crippen LogP contribution is -2.06. The first-order valence-corrected chi connectivity index (χ1v) is 7.39. The van der Waals surface area contributed by atoms with Gasteiger partial charge in [-0.2, -0.15) is 0 Å². The molecule has 4 rings (SSSR count). The Hall–Kier alpha value is -2.76. The first-order chi connectivity index (χ1) is 11.2. The summed E-state index contributed by atoms with van der Waals surface area (Å²) in [5.41, 5.74) is 2.50. The van der Waals surface area contributed by atoms with Crippen LogP contribution in [0.25, 0.3) is 22.4 Å². The van der Waals surface area contributed by atoms with Crippen LogP contribution < -0.4 is 0 Å². The number of methoxy groups -OCH3 is 1. The third-order valence-electron chi connectivity index (χ3n) is 3.99. The minimum Gasteiger partial charge on any atom is -0.465 e. The standard InChI is InChI=1S/C17H14FN3O2/c1-23-17(22)13-3-2-4-14-15(13)21(12-5-6-12)16(20-14)10-7-11(18)9-19-8-10/h2-4,7-9,12H,5-6H2,1H3. The van der Waals surface area contributed by atoms with Crippen LogP contribution in [0.1, 0.15) is 29.2 Å². The molecule has 1 aromatic carbocycles. The highest BCUT2D eigenvalue weighted by molar-refractivity contribution is 6.03. The molecular weight excluding hydrogens is 297 g/mol. The highest BCUT2D eigenvalue weighted by Crippen LogP contribution is 2.42. The second-order valence-electron chi connectivity index (χ2n) is 5.59. The fourth-order valence-electron chi connectivity index (χ4n) is 2.85. The van der Waals surface area contributed by atoms with Crippen molar-refractivity contribution in [1.82, 2.24) is 14.5 Å². The fraction of sp³-hybridized carbons (Fsp3) is 0.235. The number of pyridine rings is 1. The van der Waals surface area contributed by atoms with E-state index in [1.807, 2.05) is 10.6 Å². The van der Waals surface area contributed by atoms with E-state index in [0.717, 1.165) is 24.6 Å². The summed E-state index contributed by atoms with van der Waals surface area (Å²) < 4.78 is 20.4. The number of ether oxygens (including phenoxy) is 1. The minimum atomic E-state index is -0.412. The predicted octanol–water partition coefficient (Wildman–Crippen LogP) is 3.36. The van der Waals surface area contributed by atoms with Crippen LogP contribution >= 0.6 is 0 Å². The Labute approximate surface area is 131 Å². The van der Waals surface area contributed by atoms with Gasteiger partial charge in [-0.1, -0.05) is 6.07 Å². The lowest BCUT2D eigenvalue weighted by Gasteiger charge is -2.09. The SMILES string of the molecule is COC(=O)c1cccc2nc(-c3cncc(F)c3)n(C3CC3)c12. The molecule has 0 unspecified atom stereocenters. The molecule has 23 heavy (non-hydrogen) atoms. The van der Waals surface area contributed by atoms with E-state index < -0.39 is 11.8 Å². The Morgan fingerprint density at radius 3 is 2.87 bits per heavy atom. The molecule has 1 aliphatic carbocycles. The largest absolute Gasteiger partial charge is 0.465 e. The Kier molecular flexibility index (Phi) is 3.11. The summed E-state index contributed by atoms with van der Waals surface area (Å²) in [5.74, 6) is -0.183. The lowest BCUT2D eigenvalue weighted by atomic mass is 10.2. The number of esters is 1. The number of fused-ring (bicyclic) bond motifs is 1. The van der Waals surface area contributed by atoms with Gasteiger partial charge in [0.2, 0.25) is 0 Å². The number of hydrogen-bond acceptors (Lipinski definition) is 4. The molecule has 2 heterocycles.